The lowest BCUT2D eigenvalue weighted by Gasteiger charge is -2.02. The van der Waals surface area contributed by atoms with Crippen LogP contribution in [0.25, 0.3) is 33.8 Å². The van der Waals surface area contributed by atoms with Gasteiger partial charge in [0, 0.05) is 15.6 Å². The van der Waals surface area contributed by atoms with Crippen LogP contribution in [-0.2, 0) is 0 Å². The minimum absolute atomic E-state index is 0.584. The SMILES string of the molecule is Clc1ccc(-n2ncc3c2ncn2nc(-c4cccc(Cl)c4)nc32)cc1. The molecule has 0 aliphatic heterocycles. The van der Waals surface area contributed by atoms with Crippen molar-refractivity contribution in [3.05, 3.63) is 71.1 Å². The zero-order valence-electron chi connectivity index (χ0n) is 13.2. The van der Waals surface area contributed by atoms with Crippen LogP contribution in [0.4, 0.5) is 0 Å². The third kappa shape index (κ3) is 2.42. The van der Waals surface area contributed by atoms with Gasteiger partial charge >= 0.3 is 0 Å². The second-order valence-electron chi connectivity index (χ2n) is 5.73. The first-order valence-corrected chi connectivity index (χ1v) is 8.56. The molecule has 5 aromatic rings. The van der Waals surface area contributed by atoms with Crippen LogP contribution >= 0.6 is 23.2 Å². The van der Waals surface area contributed by atoms with Gasteiger partial charge < -0.3 is 0 Å². The fourth-order valence-electron chi connectivity index (χ4n) is 2.84. The number of hydrogen-bond donors (Lipinski definition) is 0. The van der Waals surface area contributed by atoms with Gasteiger partial charge in [-0.25, -0.2) is 19.2 Å². The first-order valence-electron chi connectivity index (χ1n) is 7.80. The number of benzene rings is 2. The minimum atomic E-state index is 0.584. The highest BCUT2D eigenvalue weighted by Gasteiger charge is 2.14. The van der Waals surface area contributed by atoms with E-state index in [-0.39, 0.29) is 0 Å². The van der Waals surface area contributed by atoms with E-state index < -0.39 is 0 Å². The summed E-state index contributed by atoms with van der Waals surface area (Å²) in [6, 6.07) is 14.9. The average molecular weight is 381 g/mol. The highest BCUT2D eigenvalue weighted by atomic mass is 35.5. The number of nitrogens with zero attached hydrogens (tertiary/aromatic N) is 6. The van der Waals surface area contributed by atoms with E-state index in [9.17, 15) is 0 Å². The second-order valence-corrected chi connectivity index (χ2v) is 6.60. The fourth-order valence-corrected chi connectivity index (χ4v) is 3.16. The normalized spacial score (nSPS) is 11.5. The standard InChI is InChI=1S/C18H10Cl2N6/c19-12-4-6-14(7-5-12)26-17-15(9-22-26)18-23-16(24-25(18)10-21-17)11-2-1-3-13(20)8-11/h1-10H. The summed E-state index contributed by atoms with van der Waals surface area (Å²) in [5.41, 5.74) is 3.10. The summed E-state index contributed by atoms with van der Waals surface area (Å²) < 4.78 is 3.39. The smallest absolute Gasteiger partial charge is 0.182 e. The molecule has 0 atom stereocenters. The predicted octanol–water partition coefficient (Wildman–Crippen LogP) is 4.44. The molecule has 0 fully saturated rings. The van der Waals surface area contributed by atoms with Crippen molar-refractivity contribution in [2.75, 3.05) is 0 Å². The first kappa shape index (κ1) is 15.3. The van der Waals surface area contributed by atoms with Gasteiger partial charge in [-0.15, -0.1) is 5.10 Å². The third-order valence-electron chi connectivity index (χ3n) is 4.06. The Morgan fingerprint density at radius 2 is 1.73 bits per heavy atom. The minimum Gasteiger partial charge on any atom is -0.216 e. The lowest BCUT2D eigenvalue weighted by Crippen LogP contribution is -1.98. The highest BCUT2D eigenvalue weighted by molar-refractivity contribution is 6.31. The van der Waals surface area contributed by atoms with Gasteiger partial charge in [0.05, 0.1) is 17.3 Å². The van der Waals surface area contributed by atoms with Gasteiger partial charge in [0.15, 0.2) is 17.1 Å². The van der Waals surface area contributed by atoms with Crippen molar-refractivity contribution in [2.45, 2.75) is 0 Å². The molecular formula is C18H10Cl2N6. The zero-order valence-corrected chi connectivity index (χ0v) is 14.7. The van der Waals surface area contributed by atoms with Crippen molar-refractivity contribution < 1.29 is 0 Å². The molecule has 0 spiro atoms. The van der Waals surface area contributed by atoms with Crippen LogP contribution in [0, 0.1) is 0 Å². The van der Waals surface area contributed by atoms with Crippen molar-refractivity contribution in [3.63, 3.8) is 0 Å². The Bertz CT molecular complexity index is 1260. The van der Waals surface area contributed by atoms with Crippen LogP contribution in [0.5, 0.6) is 0 Å². The summed E-state index contributed by atoms with van der Waals surface area (Å²) in [5, 5.41) is 11.1. The number of fused-ring (bicyclic) bond motifs is 3. The van der Waals surface area contributed by atoms with Crippen LogP contribution in [0.2, 0.25) is 10.0 Å². The van der Waals surface area contributed by atoms with Gasteiger partial charge in [-0.1, -0.05) is 35.3 Å². The molecule has 26 heavy (non-hydrogen) atoms. The molecule has 0 radical (unpaired) electrons. The van der Waals surface area contributed by atoms with Crippen molar-refractivity contribution in [3.8, 4) is 17.1 Å². The molecule has 5 rings (SSSR count). The molecule has 0 saturated heterocycles. The predicted molar refractivity (Wildman–Crippen MR) is 101 cm³/mol. The molecule has 0 amide bonds. The largest absolute Gasteiger partial charge is 0.216 e. The Hall–Kier alpha value is -2.96. The van der Waals surface area contributed by atoms with Crippen LogP contribution < -0.4 is 0 Å². The number of rotatable bonds is 2. The zero-order chi connectivity index (χ0) is 17.7. The molecule has 126 valence electrons. The van der Waals surface area contributed by atoms with Gasteiger partial charge in [0.25, 0.3) is 0 Å². The Morgan fingerprint density at radius 3 is 2.54 bits per heavy atom. The number of aromatic nitrogens is 6. The Balaban J connectivity index is 1.70. The molecule has 2 aromatic carbocycles. The van der Waals surface area contributed by atoms with Crippen molar-refractivity contribution >= 4 is 39.9 Å². The molecular weight excluding hydrogens is 371 g/mol. The average Bonchev–Trinajstić information content (AvgIpc) is 3.26. The van der Waals surface area contributed by atoms with Crippen molar-refractivity contribution in [2.24, 2.45) is 0 Å². The molecule has 0 aliphatic rings. The van der Waals surface area contributed by atoms with E-state index in [2.05, 4.69) is 20.2 Å². The lowest BCUT2D eigenvalue weighted by atomic mass is 10.2. The summed E-state index contributed by atoms with van der Waals surface area (Å²) in [6.45, 7) is 0. The molecule has 0 aliphatic carbocycles. The maximum absolute atomic E-state index is 6.07. The molecule has 3 aromatic heterocycles. The Kier molecular flexibility index (Phi) is 3.41. The second kappa shape index (κ2) is 5.79. The fraction of sp³-hybridized carbons (Fsp3) is 0. The topological polar surface area (TPSA) is 60.9 Å². The van der Waals surface area contributed by atoms with E-state index in [1.165, 1.54) is 0 Å². The molecule has 0 saturated carbocycles. The van der Waals surface area contributed by atoms with Crippen molar-refractivity contribution in [1.29, 1.82) is 0 Å². The van der Waals surface area contributed by atoms with Crippen LogP contribution in [0.1, 0.15) is 0 Å². The Morgan fingerprint density at radius 1 is 0.885 bits per heavy atom. The molecule has 0 bridgehead atoms. The van der Waals surface area contributed by atoms with Crippen molar-refractivity contribution in [1.82, 2.24) is 29.4 Å². The van der Waals surface area contributed by atoms with Gasteiger partial charge in [0.2, 0.25) is 0 Å². The maximum atomic E-state index is 6.07. The molecule has 0 N–H and O–H groups in total. The third-order valence-corrected chi connectivity index (χ3v) is 4.55. The summed E-state index contributed by atoms with van der Waals surface area (Å²) in [4.78, 5) is 9.15. The summed E-state index contributed by atoms with van der Waals surface area (Å²) in [5.74, 6) is 0.584. The summed E-state index contributed by atoms with van der Waals surface area (Å²) in [6.07, 6.45) is 3.37. The summed E-state index contributed by atoms with van der Waals surface area (Å²) >= 11 is 12.0. The van der Waals surface area contributed by atoms with Gasteiger partial charge in [0.1, 0.15) is 6.33 Å². The van der Waals surface area contributed by atoms with Gasteiger partial charge in [-0.05, 0) is 36.4 Å². The maximum Gasteiger partial charge on any atom is 0.182 e. The van der Waals surface area contributed by atoms with E-state index in [0.29, 0.717) is 27.2 Å². The van der Waals surface area contributed by atoms with E-state index in [0.717, 1.165) is 16.6 Å². The number of halogens is 2. The van der Waals surface area contributed by atoms with E-state index in [4.69, 9.17) is 23.2 Å². The lowest BCUT2D eigenvalue weighted by molar-refractivity contribution is 0.882. The van der Waals surface area contributed by atoms with Gasteiger partial charge in [-0.3, -0.25) is 0 Å². The molecule has 3 heterocycles. The Labute approximate surface area is 157 Å². The van der Waals surface area contributed by atoms with E-state index >= 15 is 0 Å². The van der Waals surface area contributed by atoms with E-state index in [1.807, 2.05) is 48.5 Å². The van der Waals surface area contributed by atoms with Crippen LogP contribution in [-0.4, -0.2) is 29.4 Å². The number of hydrogen-bond acceptors (Lipinski definition) is 4. The van der Waals surface area contributed by atoms with Crippen LogP contribution in [0.15, 0.2) is 61.1 Å². The molecule has 0 unspecified atom stereocenters. The monoisotopic (exact) mass is 380 g/mol. The van der Waals surface area contributed by atoms with Crippen LogP contribution in [0.3, 0.4) is 0 Å². The van der Waals surface area contributed by atoms with Gasteiger partial charge in [-0.2, -0.15) is 5.10 Å². The summed E-state index contributed by atoms with van der Waals surface area (Å²) in [7, 11) is 0. The first-order chi connectivity index (χ1) is 12.7. The molecule has 6 nitrogen and oxygen atoms in total. The quantitative estimate of drug-likeness (QED) is 0.454. The molecule has 8 heteroatoms. The highest BCUT2D eigenvalue weighted by Crippen LogP contribution is 2.24. The van der Waals surface area contributed by atoms with E-state index in [1.54, 1.807) is 21.7 Å².